The number of carbonyl (C=O) groups excluding carboxylic acids is 6. The molecule has 2 atom stereocenters. The Hall–Kier alpha value is -5.22. The summed E-state index contributed by atoms with van der Waals surface area (Å²) in [6.45, 7) is 5.91. The molecule has 0 spiro atoms. The van der Waals surface area contributed by atoms with E-state index in [2.05, 4.69) is 0 Å². The molecule has 6 amide bonds. The van der Waals surface area contributed by atoms with Crippen molar-refractivity contribution in [2.24, 2.45) is 0 Å². The number of nitrogens with zero attached hydrogens (tertiary/aromatic N) is 6. The molecule has 2 rings (SSSR count). The molecule has 0 aliphatic rings. The molecule has 0 fully saturated rings. The van der Waals surface area contributed by atoms with Crippen LogP contribution in [0.15, 0.2) is 0 Å². The first-order valence-corrected chi connectivity index (χ1v) is 25.6. The number of hydrogen-bond acceptors (Lipinski definition) is 18. The second kappa shape index (κ2) is 33.8. The molecule has 0 saturated heterocycles. The quantitative estimate of drug-likeness (QED) is 0.0331. The van der Waals surface area contributed by atoms with Crippen molar-refractivity contribution in [3.63, 3.8) is 0 Å². The van der Waals surface area contributed by atoms with E-state index >= 15 is 0 Å². The second-order valence-corrected chi connectivity index (χ2v) is 18.0. The third kappa shape index (κ3) is 17.1. The Balaban J connectivity index is 2.47. The minimum atomic E-state index is -1.35. The van der Waals surface area contributed by atoms with Gasteiger partial charge in [0.1, 0.15) is 0 Å². The molecule has 430 valence electrons. The minimum Gasteiger partial charge on any atom is -0.395 e. The van der Waals surface area contributed by atoms with Gasteiger partial charge in [0.05, 0.1) is 116 Å². The van der Waals surface area contributed by atoms with E-state index in [-0.39, 0.29) is 161 Å². The predicted molar refractivity (Wildman–Crippen MR) is 281 cm³/mol. The summed E-state index contributed by atoms with van der Waals surface area (Å²) in [5.41, 5.74) is 2.20. The van der Waals surface area contributed by atoms with E-state index in [1.165, 1.54) is 43.2 Å². The van der Waals surface area contributed by atoms with Crippen LogP contribution in [0.4, 0.5) is 11.4 Å². The van der Waals surface area contributed by atoms with E-state index in [1.54, 1.807) is 41.5 Å². The first kappa shape index (κ1) is 66.9. The first-order chi connectivity index (χ1) is 36.2. The van der Waals surface area contributed by atoms with Gasteiger partial charge in [-0.3, -0.25) is 28.8 Å². The molecule has 0 saturated carbocycles. The van der Waals surface area contributed by atoms with Gasteiger partial charge in [-0.25, -0.2) is 0 Å². The van der Waals surface area contributed by atoms with Gasteiger partial charge in [0.25, 0.3) is 23.6 Å². The van der Waals surface area contributed by atoms with Gasteiger partial charge in [0.2, 0.25) is 11.8 Å². The number of ether oxygens (including phenoxy) is 2. The van der Waals surface area contributed by atoms with E-state index in [4.69, 9.17) is 9.47 Å². The van der Waals surface area contributed by atoms with Crippen molar-refractivity contribution in [1.82, 2.24) is 19.6 Å². The maximum atomic E-state index is 14.3. The standard InChI is InChI=1S/C52H84N6O18/c1-9-41-45(51(73)55(15-23-63)16-24-64)33(3)43(49(71)53(11-19-59)12-20-60)35(5)47(41)57(37(7)67)29-39(69)31-75-27-28-76-32-40(70)30-58(38(8)68)48-36(6)44(50(72)54(13-21-61)14-22-62)34(4)46(42(48)10-2)52(74)56(17-25-65)18-26-66/h39-40,59-66,69-70H,9-32H2,1-8H3. The number of anilines is 2. The zero-order chi connectivity index (χ0) is 57.4. The fourth-order valence-electron chi connectivity index (χ4n) is 9.53. The summed E-state index contributed by atoms with van der Waals surface area (Å²) in [5, 5.41) is 101. The van der Waals surface area contributed by atoms with Crippen LogP contribution >= 0.6 is 0 Å². The van der Waals surface area contributed by atoms with Crippen molar-refractivity contribution >= 4 is 46.8 Å². The van der Waals surface area contributed by atoms with E-state index in [9.17, 15) is 79.8 Å². The van der Waals surface area contributed by atoms with Gasteiger partial charge in [0, 0.05) is 88.5 Å². The number of carbonyl (C=O) groups is 6. The lowest BCUT2D eigenvalue weighted by molar-refractivity contribution is -0.118. The molecular weight excluding hydrogens is 997 g/mol. The van der Waals surface area contributed by atoms with Gasteiger partial charge >= 0.3 is 0 Å². The summed E-state index contributed by atoms with van der Waals surface area (Å²) < 4.78 is 11.4. The van der Waals surface area contributed by atoms with Crippen LogP contribution < -0.4 is 9.80 Å². The molecule has 2 aromatic carbocycles. The number of hydrogen-bond donors (Lipinski definition) is 10. The first-order valence-electron chi connectivity index (χ1n) is 25.6. The molecule has 76 heavy (non-hydrogen) atoms. The van der Waals surface area contributed by atoms with Crippen LogP contribution in [-0.2, 0) is 31.9 Å². The van der Waals surface area contributed by atoms with Gasteiger partial charge in [-0.1, -0.05) is 13.8 Å². The lowest BCUT2D eigenvalue weighted by Crippen LogP contribution is -2.42. The van der Waals surface area contributed by atoms with Gasteiger partial charge in [0.15, 0.2) is 0 Å². The summed E-state index contributed by atoms with van der Waals surface area (Å²) in [4.78, 5) is 91.4. The Morgan fingerprint density at radius 2 is 0.645 bits per heavy atom. The SMILES string of the molecule is CCc1c(C(=O)N(CCO)CCO)c(C)c(C(=O)N(CCO)CCO)c(C)c1N(CC(O)COCCOCC(O)CN(C(C)=O)c1c(C)c(C(=O)N(CCO)CCO)c(C)c(C(=O)N(CCO)CCO)c1CC)C(C)=O. The van der Waals surface area contributed by atoms with Crippen LogP contribution in [0.2, 0.25) is 0 Å². The predicted octanol–water partition coefficient (Wildman–Crippen LogP) is -2.09. The Bertz CT molecular complexity index is 2070. The normalized spacial score (nSPS) is 12.1. The lowest BCUT2D eigenvalue weighted by Gasteiger charge is -2.33. The van der Waals surface area contributed by atoms with E-state index in [1.807, 2.05) is 0 Å². The highest BCUT2D eigenvalue weighted by Crippen LogP contribution is 2.39. The fourth-order valence-corrected chi connectivity index (χ4v) is 9.53. The zero-order valence-corrected chi connectivity index (χ0v) is 45.5. The third-order valence-corrected chi connectivity index (χ3v) is 12.9. The summed E-state index contributed by atoms with van der Waals surface area (Å²) >= 11 is 0. The van der Waals surface area contributed by atoms with E-state index in [0.717, 1.165) is 0 Å². The number of rotatable bonds is 35. The number of aliphatic hydroxyl groups excluding tert-OH is 10. The molecule has 0 aromatic heterocycles. The summed E-state index contributed by atoms with van der Waals surface area (Å²) in [6.07, 6.45) is -2.37. The van der Waals surface area contributed by atoms with Gasteiger partial charge < -0.3 is 89.9 Å². The summed E-state index contributed by atoms with van der Waals surface area (Å²) in [5.74, 6) is -3.66. The maximum absolute atomic E-state index is 14.3. The highest BCUT2D eigenvalue weighted by atomic mass is 16.5. The zero-order valence-electron chi connectivity index (χ0n) is 45.5. The molecule has 24 nitrogen and oxygen atoms in total. The lowest BCUT2D eigenvalue weighted by atomic mass is 9.87. The molecule has 0 aliphatic carbocycles. The smallest absolute Gasteiger partial charge is 0.254 e. The fraction of sp³-hybridized carbons (Fsp3) is 0.654. The van der Waals surface area contributed by atoms with Gasteiger partial charge in [-0.2, -0.15) is 0 Å². The molecule has 0 heterocycles. The van der Waals surface area contributed by atoms with Crippen LogP contribution in [0.3, 0.4) is 0 Å². The molecule has 0 bridgehead atoms. The molecule has 0 radical (unpaired) electrons. The molecule has 2 unspecified atom stereocenters. The maximum Gasteiger partial charge on any atom is 0.254 e. The van der Waals surface area contributed by atoms with E-state index < -0.39 is 101 Å². The molecule has 24 heteroatoms. The third-order valence-electron chi connectivity index (χ3n) is 12.9. The number of aliphatic hydroxyl groups is 10. The Morgan fingerprint density at radius 1 is 0.408 bits per heavy atom. The van der Waals surface area contributed by atoms with Crippen LogP contribution in [0, 0.1) is 27.7 Å². The average molecular weight is 1080 g/mol. The van der Waals surface area contributed by atoms with E-state index in [0.29, 0.717) is 11.1 Å². The van der Waals surface area contributed by atoms with Crippen molar-refractivity contribution in [3.05, 3.63) is 55.6 Å². The van der Waals surface area contributed by atoms with Crippen molar-refractivity contribution in [1.29, 1.82) is 0 Å². The monoisotopic (exact) mass is 1080 g/mol. The Morgan fingerprint density at radius 3 is 0.855 bits per heavy atom. The average Bonchev–Trinajstić information content (AvgIpc) is 3.37. The van der Waals surface area contributed by atoms with Crippen LogP contribution in [0.25, 0.3) is 0 Å². The molecule has 10 N–H and O–H groups in total. The van der Waals surface area contributed by atoms with Crippen molar-refractivity contribution in [2.75, 3.05) is 155 Å². The minimum absolute atomic E-state index is 0.0207. The van der Waals surface area contributed by atoms with Crippen LogP contribution in [0.5, 0.6) is 0 Å². The molecular formula is C52H84N6O18. The highest BCUT2D eigenvalue weighted by molar-refractivity contribution is 6.09. The number of benzene rings is 2. The summed E-state index contributed by atoms with van der Waals surface area (Å²) in [6, 6.07) is 0. The summed E-state index contributed by atoms with van der Waals surface area (Å²) in [7, 11) is 0. The molecule has 2 aromatic rings. The van der Waals surface area contributed by atoms with Crippen molar-refractivity contribution < 1.29 is 89.3 Å². The largest absolute Gasteiger partial charge is 0.395 e. The van der Waals surface area contributed by atoms with Crippen LogP contribution in [0.1, 0.15) is 103 Å². The van der Waals surface area contributed by atoms with Crippen LogP contribution in [-0.4, -0.2) is 263 Å². The van der Waals surface area contributed by atoms with Gasteiger partial charge in [-0.05, 0) is 73.9 Å². The Labute approximate surface area is 445 Å². The van der Waals surface area contributed by atoms with Crippen molar-refractivity contribution in [3.8, 4) is 0 Å². The number of amides is 6. The highest BCUT2D eigenvalue weighted by Gasteiger charge is 2.36. The topological polar surface area (TPSA) is 343 Å². The van der Waals surface area contributed by atoms with Gasteiger partial charge in [-0.15, -0.1) is 0 Å². The molecule has 0 aliphatic heterocycles. The Kier molecular flexibility index (Phi) is 29.8. The second-order valence-electron chi connectivity index (χ2n) is 18.0. The van der Waals surface area contributed by atoms with Crippen molar-refractivity contribution in [2.45, 2.75) is 80.4 Å².